The summed E-state index contributed by atoms with van der Waals surface area (Å²) in [6.07, 6.45) is 0.335. The van der Waals surface area contributed by atoms with Crippen molar-refractivity contribution < 1.29 is 19.5 Å². The van der Waals surface area contributed by atoms with E-state index in [2.05, 4.69) is 10.6 Å². The van der Waals surface area contributed by atoms with E-state index in [-0.39, 0.29) is 25.4 Å². The van der Waals surface area contributed by atoms with Crippen molar-refractivity contribution in [1.82, 2.24) is 10.6 Å². The van der Waals surface area contributed by atoms with Crippen LogP contribution in [0.25, 0.3) is 10.1 Å². The summed E-state index contributed by atoms with van der Waals surface area (Å²) in [7, 11) is 0. The number of hydrogen-bond acceptors (Lipinski definition) is 4. The van der Waals surface area contributed by atoms with Gasteiger partial charge in [-0.05, 0) is 12.5 Å². The second kappa shape index (κ2) is 7.94. The molecule has 0 aliphatic rings. The van der Waals surface area contributed by atoms with Crippen molar-refractivity contribution in [3.05, 3.63) is 34.2 Å². The lowest BCUT2D eigenvalue weighted by molar-refractivity contribution is -0.137. The van der Waals surface area contributed by atoms with Gasteiger partial charge < -0.3 is 15.7 Å². The number of benzene rings is 1. The van der Waals surface area contributed by atoms with E-state index in [0.717, 1.165) is 10.1 Å². The van der Waals surface area contributed by atoms with E-state index in [0.29, 0.717) is 16.3 Å². The lowest BCUT2D eigenvalue weighted by atomic mass is 10.2. The first-order chi connectivity index (χ1) is 11.0. The summed E-state index contributed by atoms with van der Waals surface area (Å²) in [5.74, 6) is -1.69. The monoisotopic (exact) mass is 354 g/mol. The SMILES string of the molecule is O=C(O)CCCNC(=O)CNC(=O)c1sc2ccccc2c1Cl. The Morgan fingerprint density at radius 3 is 2.61 bits per heavy atom. The molecule has 1 aromatic carbocycles. The molecule has 2 aromatic rings. The van der Waals surface area contributed by atoms with E-state index in [9.17, 15) is 14.4 Å². The number of hydrogen-bond donors (Lipinski definition) is 3. The van der Waals surface area contributed by atoms with Gasteiger partial charge in [-0.1, -0.05) is 29.8 Å². The Morgan fingerprint density at radius 2 is 1.91 bits per heavy atom. The number of carbonyl (C=O) groups excluding carboxylic acids is 2. The van der Waals surface area contributed by atoms with Gasteiger partial charge in [-0.3, -0.25) is 14.4 Å². The third-order valence-corrected chi connectivity index (χ3v) is 4.71. The van der Waals surface area contributed by atoms with Crippen LogP contribution in [0.1, 0.15) is 22.5 Å². The highest BCUT2D eigenvalue weighted by Crippen LogP contribution is 2.34. The molecule has 3 N–H and O–H groups in total. The third kappa shape index (κ3) is 4.67. The number of carboxylic acid groups (broad SMARTS) is 1. The average Bonchev–Trinajstić information content (AvgIpc) is 2.86. The summed E-state index contributed by atoms with van der Waals surface area (Å²) in [6, 6.07) is 7.41. The molecule has 0 aliphatic heterocycles. The molecule has 8 heteroatoms. The fourth-order valence-electron chi connectivity index (χ4n) is 1.93. The van der Waals surface area contributed by atoms with Crippen LogP contribution in [0, 0.1) is 0 Å². The Morgan fingerprint density at radius 1 is 1.17 bits per heavy atom. The minimum Gasteiger partial charge on any atom is -0.481 e. The van der Waals surface area contributed by atoms with Crippen LogP contribution in [0.5, 0.6) is 0 Å². The number of thiophene rings is 1. The first kappa shape index (κ1) is 17.2. The fourth-order valence-corrected chi connectivity index (χ4v) is 3.36. The highest BCUT2D eigenvalue weighted by atomic mass is 35.5. The Balaban J connectivity index is 1.85. The van der Waals surface area contributed by atoms with Crippen LogP contribution in [0.2, 0.25) is 5.02 Å². The molecule has 0 bridgehead atoms. The van der Waals surface area contributed by atoms with Crippen molar-refractivity contribution in [3.8, 4) is 0 Å². The zero-order valence-corrected chi connectivity index (χ0v) is 13.7. The van der Waals surface area contributed by atoms with E-state index in [1.54, 1.807) is 0 Å². The number of carbonyl (C=O) groups is 3. The maximum atomic E-state index is 12.1. The predicted octanol–water partition coefficient (Wildman–Crippen LogP) is 2.27. The Hall–Kier alpha value is -2.12. The lowest BCUT2D eigenvalue weighted by Crippen LogP contribution is -2.37. The molecule has 0 aliphatic carbocycles. The van der Waals surface area contributed by atoms with Crippen molar-refractivity contribution in [3.63, 3.8) is 0 Å². The first-order valence-electron chi connectivity index (χ1n) is 6.92. The first-order valence-corrected chi connectivity index (χ1v) is 8.12. The Labute approximate surface area is 141 Å². The largest absolute Gasteiger partial charge is 0.481 e. The summed E-state index contributed by atoms with van der Waals surface area (Å²) in [5, 5.41) is 14.7. The zero-order valence-electron chi connectivity index (χ0n) is 12.1. The van der Waals surface area contributed by atoms with Crippen LogP contribution in [-0.4, -0.2) is 36.0 Å². The minimum absolute atomic E-state index is 0.00989. The Kier molecular flexibility index (Phi) is 5.95. The number of nitrogens with one attached hydrogen (secondary N) is 2. The molecular formula is C15H15ClN2O4S. The summed E-state index contributed by atoms with van der Waals surface area (Å²) < 4.78 is 0.903. The van der Waals surface area contributed by atoms with Gasteiger partial charge in [-0.15, -0.1) is 11.3 Å². The molecule has 6 nitrogen and oxygen atoms in total. The van der Waals surface area contributed by atoms with Gasteiger partial charge in [0.15, 0.2) is 0 Å². The summed E-state index contributed by atoms with van der Waals surface area (Å²) in [5.41, 5.74) is 0. The van der Waals surface area contributed by atoms with E-state index in [1.165, 1.54) is 11.3 Å². The maximum Gasteiger partial charge on any atom is 0.303 e. The van der Waals surface area contributed by atoms with Gasteiger partial charge in [0.25, 0.3) is 5.91 Å². The van der Waals surface area contributed by atoms with Gasteiger partial charge >= 0.3 is 5.97 Å². The molecule has 2 rings (SSSR count). The van der Waals surface area contributed by atoms with E-state index in [4.69, 9.17) is 16.7 Å². The number of aliphatic carboxylic acids is 1. The summed E-state index contributed by atoms with van der Waals surface area (Å²) >= 11 is 7.46. The average molecular weight is 355 g/mol. The van der Waals surface area contributed by atoms with E-state index in [1.807, 2.05) is 24.3 Å². The number of carboxylic acids is 1. The van der Waals surface area contributed by atoms with E-state index < -0.39 is 11.9 Å². The van der Waals surface area contributed by atoms with Gasteiger partial charge in [0, 0.05) is 23.1 Å². The Bertz CT molecular complexity index is 744. The van der Waals surface area contributed by atoms with Crippen LogP contribution in [0.15, 0.2) is 24.3 Å². The van der Waals surface area contributed by atoms with Gasteiger partial charge in [0.2, 0.25) is 5.91 Å². The van der Waals surface area contributed by atoms with Crippen LogP contribution < -0.4 is 10.6 Å². The molecule has 0 fully saturated rings. The highest BCUT2D eigenvalue weighted by molar-refractivity contribution is 7.21. The smallest absolute Gasteiger partial charge is 0.303 e. The molecule has 23 heavy (non-hydrogen) atoms. The molecule has 0 unspecified atom stereocenters. The standard InChI is InChI=1S/C15H15ClN2O4S/c16-13-9-4-1-2-5-10(9)23-14(13)15(22)18-8-11(19)17-7-3-6-12(20)21/h1-2,4-5H,3,6-8H2,(H,17,19)(H,18,22)(H,20,21). The maximum absolute atomic E-state index is 12.1. The van der Waals surface area contributed by atoms with Gasteiger partial charge in [0.05, 0.1) is 11.6 Å². The normalized spacial score (nSPS) is 10.5. The highest BCUT2D eigenvalue weighted by Gasteiger charge is 2.17. The third-order valence-electron chi connectivity index (χ3n) is 3.04. The molecule has 0 radical (unpaired) electrons. The predicted molar refractivity (Wildman–Crippen MR) is 89.0 cm³/mol. The zero-order chi connectivity index (χ0) is 16.8. The van der Waals surface area contributed by atoms with Gasteiger partial charge in [-0.2, -0.15) is 0 Å². The van der Waals surface area contributed by atoms with E-state index >= 15 is 0 Å². The molecular weight excluding hydrogens is 340 g/mol. The van der Waals surface area contributed by atoms with Crippen LogP contribution in [0.3, 0.4) is 0 Å². The van der Waals surface area contributed by atoms with Crippen LogP contribution in [0.4, 0.5) is 0 Å². The summed E-state index contributed by atoms with van der Waals surface area (Å²) in [4.78, 5) is 34.4. The molecule has 0 spiro atoms. The lowest BCUT2D eigenvalue weighted by Gasteiger charge is -2.05. The van der Waals surface area contributed by atoms with Gasteiger partial charge in [0.1, 0.15) is 4.88 Å². The molecule has 1 heterocycles. The van der Waals surface area contributed by atoms with Crippen LogP contribution in [-0.2, 0) is 9.59 Å². The molecule has 2 amide bonds. The molecule has 0 atom stereocenters. The molecule has 0 saturated carbocycles. The topological polar surface area (TPSA) is 95.5 Å². The second-order valence-electron chi connectivity index (χ2n) is 4.77. The number of rotatable bonds is 7. The molecule has 0 saturated heterocycles. The second-order valence-corrected chi connectivity index (χ2v) is 6.20. The number of halogens is 1. The van der Waals surface area contributed by atoms with Crippen molar-refractivity contribution in [1.29, 1.82) is 0 Å². The quantitative estimate of drug-likeness (QED) is 0.664. The molecule has 122 valence electrons. The molecule has 1 aromatic heterocycles. The van der Waals surface area contributed by atoms with Gasteiger partial charge in [-0.25, -0.2) is 0 Å². The van der Waals surface area contributed by atoms with Crippen LogP contribution >= 0.6 is 22.9 Å². The number of amides is 2. The van der Waals surface area contributed by atoms with Crippen molar-refractivity contribution in [2.24, 2.45) is 0 Å². The van der Waals surface area contributed by atoms with Crippen molar-refractivity contribution in [2.75, 3.05) is 13.1 Å². The number of fused-ring (bicyclic) bond motifs is 1. The minimum atomic E-state index is -0.910. The van der Waals surface area contributed by atoms with Crippen molar-refractivity contribution in [2.45, 2.75) is 12.8 Å². The summed E-state index contributed by atoms with van der Waals surface area (Å²) in [6.45, 7) is 0.0706. The van der Waals surface area contributed by atoms with Crippen molar-refractivity contribution >= 4 is 50.8 Å². The fraction of sp³-hybridized carbons (Fsp3) is 0.267.